The van der Waals surface area contributed by atoms with E-state index in [1.54, 1.807) is 17.3 Å². The minimum absolute atomic E-state index is 0.0651. The Morgan fingerprint density at radius 1 is 1.32 bits per heavy atom. The second-order valence-electron chi connectivity index (χ2n) is 4.03. The van der Waals surface area contributed by atoms with E-state index in [1.807, 2.05) is 18.2 Å². The minimum atomic E-state index is -0.0651. The lowest BCUT2D eigenvalue weighted by Crippen LogP contribution is -2.17. The number of fused-ring (bicyclic) bond motifs is 1. The summed E-state index contributed by atoms with van der Waals surface area (Å²) in [7, 11) is 0. The Bertz CT molecular complexity index is 548. The van der Waals surface area contributed by atoms with E-state index in [2.05, 4.69) is 10.2 Å². The number of benzene rings is 1. The molecule has 7 heteroatoms. The molecular weight excluding hydrogens is 282 g/mol. The van der Waals surface area contributed by atoms with E-state index in [0.717, 1.165) is 27.2 Å². The molecule has 1 atom stereocenters. The number of hydrogen-bond acceptors (Lipinski definition) is 7. The SMILES string of the molecule is NC(CSc1nncs1)c1ccc2c(c1)OCCO2. The number of aromatic nitrogens is 2. The summed E-state index contributed by atoms with van der Waals surface area (Å²) in [6.07, 6.45) is 0. The standard InChI is InChI=1S/C12H13N3O2S2/c13-9(6-18-12-15-14-7-19-12)8-1-2-10-11(5-8)17-4-3-16-10/h1-2,5,7,9H,3-4,6,13H2. The first-order valence-electron chi connectivity index (χ1n) is 5.87. The third-order valence-electron chi connectivity index (χ3n) is 2.72. The molecule has 0 radical (unpaired) electrons. The molecule has 100 valence electrons. The van der Waals surface area contributed by atoms with Crippen LogP contribution in [0, 0.1) is 0 Å². The Balaban J connectivity index is 1.67. The number of thioether (sulfide) groups is 1. The van der Waals surface area contributed by atoms with Gasteiger partial charge in [-0.05, 0) is 17.7 Å². The van der Waals surface area contributed by atoms with E-state index in [0.29, 0.717) is 13.2 Å². The molecule has 0 spiro atoms. The summed E-state index contributed by atoms with van der Waals surface area (Å²) in [6, 6.07) is 5.79. The fourth-order valence-electron chi connectivity index (χ4n) is 1.77. The molecule has 0 saturated heterocycles. The minimum Gasteiger partial charge on any atom is -0.486 e. The largest absolute Gasteiger partial charge is 0.486 e. The molecule has 1 aromatic carbocycles. The van der Waals surface area contributed by atoms with Crippen molar-refractivity contribution in [2.75, 3.05) is 19.0 Å². The van der Waals surface area contributed by atoms with Crippen LogP contribution in [0.5, 0.6) is 11.5 Å². The summed E-state index contributed by atoms with van der Waals surface area (Å²) in [6.45, 7) is 1.19. The Morgan fingerprint density at radius 3 is 2.95 bits per heavy atom. The molecule has 19 heavy (non-hydrogen) atoms. The lowest BCUT2D eigenvalue weighted by atomic mass is 10.1. The van der Waals surface area contributed by atoms with Crippen molar-refractivity contribution in [2.24, 2.45) is 5.73 Å². The molecule has 0 fully saturated rings. The molecule has 1 unspecified atom stereocenters. The van der Waals surface area contributed by atoms with Gasteiger partial charge in [-0.1, -0.05) is 29.2 Å². The van der Waals surface area contributed by atoms with E-state index in [-0.39, 0.29) is 6.04 Å². The Kier molecular flexibility index (Phi) is 3.86. The second-order valence-corrected chi connectivity index (χ2v) is 6.13. The van der Waals surface area contributed by atoms with Crippen molar-refractivity contribution >= 4 is 23.1 Å². The molecule has 1 aliphatic heterocycles. The Labute approximate surface area is 119 Å². The first-order valence-corrected chi connectivity index (χ1v) is 7.73. The van der Waals surface area contributed by atoms with Crippen LogP contribution in [0.1, 0.15) is 11.6 Å². The van der Waals surface area contributed by atoms with Crippen LogP contribution >= 0.6 is 23.1 Å². The van der Waals surface area contributed by atoms with Gasteiger partial charge in [-0.25, -0.2) is 0 Å². The zero-order valence-electron chi connectivity index (χ0n) is 10.1. The van der Waals surface area contributed by atoms with Crippen molar-refractivity contribution in [3.8, 4) is 11.5 Å². The number of hydrogen-bond donors (Lipinski definition) is 1. The second kappa shape index (κ2) is 5.77. The van der Waals surface area contributed by atoms with E-state index in [9.17, 15) is 0 Å². The molecular formula is C12H13N3O2S2. The maximum Gasteiger partial charge on any atom is 0.174 e. The number of ether oxygens (including phenoxy) is 2. The van der Waals surface area contributed by atoms with Crippen LogP contribution in [0.2, 0.25) is 0 Å². The zero-order valence-corrected chi connectivity index (χ0v) is 11.7. The van der Waals surface area contributed by atoms with Gasteiger partial charge in [0, 0.05) is 11.8 Å². The predicted molar refractivity (Wildman–Crippen MR) is 75.0 cm³/mol. The van der Waals surface area contributed by atoms with Gasteiger partial charge in [0.25, 0.3) is 0 Å². The number of rotatable bonds is 4. The van der Waals surface area contributed by atoms with Gasteiger partial charge in [0.1, 0.15) is 18.7 Å². The third kappa shape index (κ3) is 2.99. The molecule has 0 bridgehead atoms. The molecule has 1 aromatic heterocycles. The van der Waals surface area contributed by atoms with Gasteiger partial charge in [0.15, 0.2) is 15.8 Å². The van der Waals surface area contributed by atoms with Crippen LogP contribution in [0.3, 0.4) is 0 Å². The monoisotopic (exact) mass is 295 g/mol. The molecule has 3 rings (SSSR count). The molecule has 0 aliphatic carbocycles. The van der Waals surface area contributed by atoms with Crippen LogP contribution in [0.4, 0.5) is 0 Å². The van der Waals surface area contributed by atoms with E-state index in [1.165, 1.54) is 11.3 Å². The molecule has 2 N–H and O–H groups in total. The summed E-state index contributed by atoms with van der Waals surface area (Å²) in [5.41, 5.74) is 8.95. The van der Waals surface area contributed by atoms with Gasteiger partial charge in [-0.2, -0.15) is 0 Å². The quantitative estimate of drug-likeness (QED) is 0.871. The fraction of sp³-hybridized carbons (Fsp3) is 0.333. The third-order valence-corrected chi connectivity index (χ3v) is 4.70. The van der Waals surface area contributed by atoms with Crippen LogP contribution in [-0.2, 0) is 0 Å². The van der Waals surface area contributed by atoms with Crippen molar-refractivity contribution in [3.05, 3.63) is 29.3 Å². The number of nitrogens with two attached hydrogens (primary N) is 1. The molecule has 0 saturated carbocycles. The summed E-state index contributed by atoms with van der Waals surface area (Å²) < 4.78 is 12.0. The highest BCUT2D eigenvalue weighted by Crippen LogP contribution is 2.33. The average Bonchev–Trinajstić information content (AvgIpc) is 2.97. The highest BCUT2D eigenvalue weighted by Gasteiger charge is 2.15. The topological polar surface area (TPSA) is 70.3 Å². The van der Waals surface area contributed by atoms with Crippen LogP contribution < -0.4 is 15.2 Å². The van der Waals surface area contributed by atoms with Crippen molar-refractivity contribution in [3.63, 3.8) is 0 Å². The van der Waals surface area contributed by atoms with Crippen LogP contribution in [0.15, 0.2) is 28.0 Å². The smallest absolute Gasteiger partial charge is 0.174 e. The van der Waals surface area contributed by atoms with Crippen molar-refractivity contribution in [1.29, 1.82) is 0 Å². The highest BCUT2D eigenvalue weighted by atomic mass is 32.2. The molecule has 2 heterocycles. The first-order chi connectivity index (χ1) is 9.33. The molecule has 5 nitrogen and oxygen atoms in total. The van der Waals surface area contributed by atoms with Gasteiger partial charge >= 0.3 is 0 Å². The van der Waals surface area contributed by atoms with Gasteiger partial charge in [-0.3, -0.25) is 0 Å². The number of nitrogens with zero attached hydrogens (tertiary/aromatic N) is 2. The van der Waals surface area contributed by atoms with Crippen LogP contribution in [-0.4, -0.2) is 29.2 Å². The van der Waals surface area contributed by atoms with E-state index in [4.69, 9.17) is 15.2 Å². The maximum absolute atomic E-state index is 6.18. The molecule has 2 aromatic rings. The predicted octanol–water partition coefficient (Wildman–Crippen LogP) is 2.10. The summed E-state index contributed by atoms with van der Waals surface area (Å²) in [4.78, 5) is 0. The lowest BCUT2D eigenvalue weighted by molar-refractivity contribution is 0.171. The van der Waals surface area contributed by atoms with E-state index >= 15 is 0 Å². The summed E-state index contributed by atoms with van der Waals surface area (Å²) >= 11 is 3.14. The van der Waals surface area contributed by atoms with Crippen molar-refractivity contribution in [1.82, 2.24) is 10.2 Å². The highest BCUT2D eigenvalue weighted by molar-refractivity contribution is 8.01. The van der Waals surface area contributed by atoms with Gasteiger partial charge in [-0.15, -0.1) is 10.2 Å². The summed E-state index contributed by atoms with van der Waals surface area (Å²) in [5.74, 6) is 2.33. The van der Waals surface area contributed by atoms with Gasteiger partial charge < -0.3 is 15.2 Å². The molecule has 1 aliphatic rings. The van der Waals surface area contributed by atoms with Gasteiger partial charge in [0.05, 0.1) is 0 Å². The van der Waals surface area contributed by atoms with Gasteiger partial charge in [0.2, 0.25) is 0 Å². The Morgan fingerprint density at radius 2 is 2.16 bits per heavy atom. The van der Waals surface area contributed by atoms with Crippen molar-refractivity contribution in [2.45, 2.75) is 10.4 Å². The first kappa shape index (κ1) is 12.7. The normalized spacial score (nSPS) is 15.2. The fourth-order valence-corrected chi connectivity index (χ4v) is 3.28. The zero-order chi connectivity index (χ0) is 13.1. The maximum atomic E-state index is 6.18. The van der Waals surface area contributed by atoms with Crippen molar-refractivity contribution < 1.29 is 9.47 Å². The molecule has 0 amide bonds. The summed E-state index contributed by atoms with van der Waals surface area (Å²) in [5, 5.41) is 7.78. The lowest BCUT2D eigenvalue weighted by Gasteiger charge is -2.20. The average molecular weight is 295 g/mol. The van der Waals surface area contributed by atoms with Crippen LogP contribution in [0.25, 0.3) is 0 Å². The Hall–Kier alpha value is -1.31. The van der Waals surface area contributed by atoms with E-state index < -0.39 is 0 Å².